The molecule has 2 rings (SSSR count). The maximum absolute atomic E-state index is 5.28. The van der Waals surface area contributed by atoms with Gasteiger partial charge in [-0.05, 0) is 37.5 Å². The van der Waals surface area contributed by atoms with Gasteiger partial charge in [0.15, 0.2) is 0 Å². The second kappa shape index (κ2) is 12.7. The van der Waals surface area contributed by atoms with Crippen molar-refractivity contribution in [2.24, 2.45) is 0 Å². The fraction of sp³-hybridized carbons (Fsp3) is 0.417. The van der Waals surface area contributed by atoms with E-state index < -0.39 is 0 Å². The minimum Gasteiger partial charge on any atom is -0.120 e. The maximum atomic E-state index is 5.28. The van der Waals surface area contributed by atoms with Crippen molar-refractivity contribution in [1.29, 1.82) is 0 Å². The Labute approximate surface area is 155 Å². The lowest BCUT2D eigenvalue weighted by molar-refractivity contribution is 0.580. The molecule has 0 N–H and O–H groups in total. The van der Waals surface area contributed by atoms with Crippen molar-refractivity contribution in [2.75, 3.05) is 6.16 Å². The zero-order valence-electron chi connectivity index (χ0n) is 15.4. The molecule has 0 saturated carbocycles. The first-order valence-electron chi connectivity index (χ1n) is 9.73. The Bertz CT molecular complexity index is 557. The van der Waals surface area contributed by atoms with Crippen molar-refractivity contribution in [3.8, 4) is 12.3 Å². The molecule has 132 valence electrons. The fourth-order valence-corrected chi connectivity index (χ4v) is 5.60. The Morgan fingerprint density at radius 2 is 1.04 bits per heavy atom. The number of hydrogen-bond donors (Lipinski definition) is 0. The number of terminal acetylenes is 1. The largest absolute Gasteiger partial charge is 0.120 e. The Balaban J connectivity index is 1.70. The Morgan fingerprint density at radius 3 is 1.52 bits per heavy atom. The predicted molar refractivity (Wildman–Crippen MR) is 114 cm³/mol. The fourth-order valence-electron chi connectivity index (χ4n) is 3.18. The second-order valence-corrected chi connectivity index (χ2v) is 8.94. The molecule has 0 radical (unpaired) electrons. The van der Waals surface area contributed by atoms with Crippen LogP contribution in [0.2, 0.25) is 0 Å². The van der Waals surface area contributed by atoms with Gasteiger partial charge in [0.1, 0.15) is 0 Å². The molecular weight excluding hydrogens is 319 g/mol. The van der Waals surface area contributed by atoms with Crippen molar-refractivity contribution in [2.45, 2.75) is 57.8 Å². The highest BCUT2D eigenvalue weighted by molar-refractivity contribution is 7.73. The minimum atomic E-state index is -0.204. The highest BCUT2D eigenvalue weighted by atomic mass is 31.1. The summed E-state index contributed by atoms with van der Waals surface area (Å²) in [5.74, 6) is 2.73. The monoisotopic (exact) mass is 350 g/mol. The van der Waals surface area contributed by atoms with Crippen molar-refractivity contribution < 1.29 is 0 Å². The van der Waals surface area contributed by atoms with Crippen LogP contribution in [-0.4, -0.2) is 6.16 Å². The lowest BCUT2D eigenvalue weighted by Gasteiger charge is -2.18. The van der Waals surface area contributed by atoms with E-state index in [1.54, 1.807) is 0 Å². The molecule has 0 heterocycles. The Hall–Kier alpha value is -1.57. The molecule has 0 bridgehead atoms. The molecule has 2 aromatic carbocycles. The summed E-state index contributed by atoms with van der Waals surface area (Å²) in [5, 5.41) is 3.02. The average molecular weight is 350 g/mol. The number of benzene rings is 2. The molecule has 25 heavy (non-hydrogen) atoms. The lowest BCUT2D eigenvalue weighted by Crippen LogP contribution is -2.13. The van der Waals surface area contributed by atoms with Crippen molar-refractivity contribution >= 4 is 18.5 Å². The molecule has 0 aliphatic rings. The number of hydrogen-bond acceptors (Lipinski definition) is 0. The molecule has 0 aromatic heterocycles. The average Bonchev–Trinajstić information content (AvgIpc) is 2.67. The van der Waals surface area contributed by atoms with E-state index >= 15 is 0 Å². The first kappa shape index (κ1) is 19.8. The summed E-state index contributed by atoms with van der Waals surface area (Å²) >= 11 is 0. The maximum Gasteiger partial charge on any atom is 0.00860 e. The third kappa shape index (κ3) is 7.90. The van der Waals surface area contributed by atoms with Gasteiger partial charge in [-0.15, -0.1) is 12.3 Å². The molecule has 0 saturated heterocycles. The van der Waals surface area contributed by atoms with Gasteiger partial charge in [-0.2, -0.15) is 0 Å². The van der Waals surface area contributed by atoms with Crippen molar-refractivity contribution in [3.05, 3.63) is 60.7 Å². The minimum absolute atomic E-state index is 0.204. The molecule has 2 aromatic rings. The van der Waals surface area contributed by atoms with Crippen LogP contribution in [0.25, 0.3) is 0 Å². The van der Waals surface area contributed by atoms with Crippen LogP contribution in [0.1, 0.15) is 57.8 Å². The molecule has 0 unspecified atom stereocenters. The van der Waals surface area contributed by atoms with Crippen LogP contribution >= 0.6 is 7.92 Å². The zero-order valence-corrected chi connectivity index (χ0v) is 16.3. The van der Waals surface area contributed by atoms with Gasteiger partial charge < -0.3 is 0 Å². The third-order valence-corrected chi connectivity index (χ3v) is 7.19. The smallest absolute Gasteiger partial charge is 0.00860 e. The zero-order chi connectivity index (χ0) is 17.6. The van der Waals surface area contributed by atoms with E-state index in [2.05, 4.69) is 66.6 Å². The van der Waals surface area contributed by atoms with Gasteiger partial charge in [0.05, 0.1) is 0 Å². The summed E-state index contributed by atoms with van der Waals surface area (Å²) in [6, 6.07) is 22.1. The van der Waals surface area contributed by atoms with Crippen LogP contribution < -0.4 is 10.6 Å². The van der Waals surface area contributed by atoms with Gasteiger partial charge in [0.2, 0.25) is 0 Å². The van der Waals surface area contributed by atoms with Crippen LogP contribution in [0.5, 0.6) is 0 Å². The third-order valence-electron chi connectivity index (χ3n) is 4.59. The van der Waals surface area contributed by atoms with Crippen molar-refractivity contribution in [3.63, 3.8) is 0 Å². The molecule has 0 spiro atoms. The Morgan fingerprint density at radius 1 is 0.600 bits per heavy atom. The van der Waals surface area contributed by atoms with E-state index in [1.807, 2.05) is 0 Å². The summed E-state index contributed by atoms with van der Waals surface area (Å²) in [7, 11) is -0.204. The van der Waals surface area contributed by atoms with Crippen LogP contribution in [0.3, 0.4) is 0 Å². The predicted octanol–water partition coefficient (Wildman–Crippen LogP) is 6.26. The first-order valence-corrected chi connectivity index (χ1v) is 11.3. The lowest BCUT2D eigenvalue weighted by atomic mass is 10.1. The van der Waals surface area contributed by atoms with E-state index in [4.69, 9.17) is 6.42 Å². The summed E-state index contributed by atoms with van der Waals surface area (Å²) < 4.78 is 0. The number of rotatable bonds is 12. The van der Waals surface area contributed by atoms with Gasteiger partial charge >= 0.3 is 0 Å². The highest BCUT2D eigenvalue weighted by Gasteiger charge is 2.12. The molecule has 0 atom stereocenters. The molecule has 1 heteroatoms. The SMILES string of the molecule is C#CCCCCCCCCCCP(c1ccccc1)c1ccccc1. The van der Waals surface area contributed by atoms with E-state index in [0.717, 1.165) is 6.42 Å². The van der Waals surface area contributed by atoms with Gasteiger partial charge in [0.25, 0.3) is 0 Å². The number of unbranched alkanes of at least 4 members (excludes halogenated alkanes) is 8. The van der Waals surface area contributed by atoms with E-state index in [9.17, 15) is 0 Å². The van der Waals surface area contributed by atoms with Crippen LogP contribution in [0.15, 0.2) is 60.7 Å². The molecule has 0 nitrogen and oxygen atoms in total. The summed E-state index contributed by atoms with van der Waals surface area (Å²) in [6.07, 6.45) is 18.2. The molecule has 0 aliphatic heterocycles. The van der Waals surface area contributed by atoms with E-state index in [0.29, 0.717) is 0 Å². The van der Waals surface area contributed by atoms with Crippen LogP contribution in [-0.2, 0) is 0 Å². The first-order chi connectivity index (χ1) is 12.4. The summed E-state index contributed by atoms with van der Waals surface area (Å²) in [6.45, 7) is 0. The second-order valence-electron chi connectivity index (χ2n) is 6.61. The highest BCUT2D eigenvalue weighted by Crippen LogP contribution is 2.34. The van der Waals surface area contributed by atoms with Crippen LogP contribution in [0, 0.1) is 12.3 Å². The van der Waals surface area contributed by atoms with Gasteiger partial charge in [-0.25, -0.2) is 0 Å². The topological polar surface area (TPSA) is 0 Å². The van der Waals surface area contributed by atoms with Crippen molar-refractivity contribution in [1.82, 2.24) is 0 Å². The summed E-state index contributed by atoms with van der Waals surface area (Å²) in [5.41, 5.74) is 0. The van der Waals surface area contributed by atoms with E-state index in [1.165, 1.54) is 68.1 Å². The molecule has 0 amide bonds. The Kier molecular flexibility index (Phi) is 10.1. The van der Waals surface area contributed by atoms with Crippen LogP contribution in [0.4, 0.5) is 0 Å². The molecule has 0 aliphatic carbocycles. The van der Waals surface area contributed by atoms with Gasteiger partial charge in [0, 0.05) is 6.42 Å². The summed E-state index contributed by atoms with van der Waals surface area (Å²) in [4.78, 5) is 0. The molecule has 0 fully saturated rings. The quantitative estimate of drug-likeness (QED) is 0.241. The molecular formula is C24H31P. The standard InChI is InChI=1S/C24H31P/c1-2-3-4-5-6-7-8-9-10-17-22-25(23-18-13-11-14-19-23)24-20-15-12-16-21-24/h1,11-16,18-21H,3-10,17,22H2. The normalized spacial score (nSPS) is 10.7. The van der Waals surface area contributed by atoms with Gasteiger partial charge in [-0.3, -0.25) is 0 Å². The van der Waals surface area contributed by atoms with Gasteiger partial charge in [-0.1, -0.05) is 99.2 Å². The van der Waals surface area contributed by atoms with E-state index in [-0.39, 0.29) is 7.92 Å².